The van der Waals surface area contributed by atoms with Crippen molar-refractivity contribution < 1.29 is 4.79 Å². The smallest absolute Gasteiger partial charge is 0.220 e. The molecule has 0 bridgehead atoms. The summed E-state index contributed by atoms with van der Waals surface area (Å²) in [5.41, 5.74) is 1.02. The lowest BCUT2D eigenvalue weighted by molar-refractivity contribution is -0.123. The first-order valence-electron chi connectivity index (χ1n) is 8.96. The summed E-state index contributed by atoms with van der Waals surface area (Å²) in [5.74, 6) is 0.868. The normalized spacial score (nSPS) is 23.6. The van der Waals surface area contributed by atoms with Crippen molar-refractivity contribution in [1.29, 1.82) is 0 Å². The lowest BCUT2D eigenvalue weighted by Gasteiger charge is -2.39. The van der Waals surface area contributed by atoms with Crippen molar-refractivity contribution in [3.05, 3.63) is 34.9 Å². The Morgan fingerprint density at radius 3 is 2.61 bits per heavy atom. The third-order valence-corrected chi connectivity index (χ3v) is 5.68. The van der Waals surface area contributed by atoms with E-state index in [1.807, 2.05) is 12.1 Å². The Labute approximate surface area is 144 Å². The van der Waals surface area contributed by atoms with Crippen molar-refractivity contribution in [2.45, 2.75) is 56.9 Å². The summed E-state index contributed by atoms with van der Waals surface area (Å²) in [6.45, 7) is 2.16. The molecule has 4 heteroatoms. The highest BCUT2D eigenvalue weighted by atomic mass is 35.5. The van der Waals surface area contributed by atoms with Gasteiger partial charge in [-0.15, -0.1) is 0 Å². The lowest BCUT2D eigenvalue weighted by Crippen LogP contribution is -2.47. The van der Waals surface area contributed by atoms with E-state index in [1.54, 1.807) is 0 Å². The summed E-state index contributed by atoms with van der Waals surface area (Å²) in [4.78, 5) is 12.6. The molecular formula is C19H27ClN2O. The Morgan fingerprint density at radius 2 is 1.96 bits per heavy atom. The maximum atomic E-state index is 12.6. The zero-order valence-electron chi connectivity index (χ0n) is 13.7. The van der Waals surface area contributed by atoms with Gasteiger partial charge in [-0.05, 0) is 62.4 Å². The highest BCUT2D eigenvalue weighted by Crippen LogP contribution is 2.37. The lowest BCUT2D eigenvalue weighted by atomic mass is 9.76. The van der Waals surface area contributed by atoms with E-state index < -0.39 is 0 Å². The van der Waals surface area contributed by atoms with Crippen molar-refractivity contribution in [1.82, 2.24) is 10.6 Å². The summed E-state index contributed by atoms with van der Waals surface area (Å²) >= 11 is 6.03. The number of carbonyl (C=O) groups is 1. The van der Waals surface area contributed by atoms with Gasteiger partial charge in [0.1, 0.15) is 0 Å². The fourth-order valence-electron chi connectivity index (χ4n) is 4.04. The summed E-state index contributed by atoms with van der Waals surface area (Å²) in [5, 5.41) is 7.51. The Bertz CT molecular complexity index is 517. The van der Waals surface area contributed by atoms with Crippen molar-refractivity contribution >= 4 is 17.5 Å². The van der Waals surface area contributed by atoms with Crippen LogP contribution in [-0.2, 0) is 10.3 Å². The minimum absolute atomic E-state index is 0.187. The topological polar surface area (TPSA) is 41.1 Å². The molecule has 2 N–H and O–H groups in total. The first kappa shape index (κ1) is 16.8. The van der Waals surface area contributed by atoms with Crippen LogP contribution < -0.4 is 10.6 Å². The number of benzene rings is 1. The van der Waals surface area contributed by atoms with Gasteiger partial charge in [0.05, 0.1) is 5.54 Å². The maximum absolute atomic E-state index is 12.6. The Hall–Kier alpha value is -1.06. The molecule has 0 spiro atoms. The molecule has 1 aliphatic carbocycles. The van der Waals surface area contributed by atoms with Crippen molar-refractivity contribution in [2.24, 2.45) is 5.92 Å². The second-order valence-corrected chi connectivity index (χ2v) is 7.53. The van der Waals surface area contributed by atoms with Gasteiger partial charge in [0, 0.05) is 11.4 Å². The van der Waals surface area contributed by atoms with Gasteiger partial charge >= 0.3 is 0 Å². The van der Waals surface area contributed by atoms with E-state index in [9.17, 15) is 4.79 Å². The van der Waals surface area contributed by atoms with Gasteiger partial charge in [-0.2, -0.15) is 0 Å². The Kier molecular flexibility index (Phi) is 5.60. The second-order valence-electron chi connectivity index (χ2n) is 7.10. The van der Waals surface area contributed by atoms with Gasteiger partial charge in [-0.1, -0.05) is 43.0 Å². The molecule has 1 unspecified atom stereocenters. The molecule has 2 fully saturated rings. The van der Waals surface area contributed by atoms with Crippen LogP contribution in [0.3, 0.4) is 0 Å². The average molecular weight is 335 g/mol. The molecule has 0 radical (unpaired) electrons. The first-order chi connectivity index (χ1) is 11.2. The van der Waals surface area contributed by atoms with E-state index in [4.69, 9.17) is 11.6 Å². The molecule has 3 rings (SSSR count). The number of hydrogen-bond acceptors (Lipinski definition) is 2. The number of hydrogen-bond donors (Lipinski definition) is 2. The van der Waals surface area contributed by atoms with E-state index in [1.165, 1.54) is 31.2 Å². The van der Waals surface area contributed by atoms with Crippen LogP contribution in [-0.4, -0.2) is 19.0 Å². The zero-order chi connectivity index (χ0) is 16.1. The van der Waals surface area contributed by atoms with Crippen LogP contribution in [0.25, 0.3) is 0 Å². The number of nitrogens with one attached hydrogen (secondary N) is 2. The predicted octanol–water partition coefficient (Wildman–Crippen LogP) is 4.01. The molecule has 1 saturated heterocycles. The van der Waals surface area contributed by atoms with Crippen molar-refractivity contribution in [3.63, 3.8) is 0 Å². The van der Waals surface area contributed by atoms with Crippen LogP contribution in [0.1, 0.15) is 56.9 Å². The van der Waals surface area contributed by atoms with Crippen LogP contribution in [0.15, 0.2) is 24.3 Å². The van der Waals surface area contributed by atoms with Gasteiger partial charge in [0.2, 0.25) is 5.91 Å². The molecule has 0 aromatic heterocycles. The minimum atomic E-state index is -0.187. The van der Waals surface area contributed by atoms with Gasteiger partial charge in [0.25, 0.3) is 0 Å². The van der Waals surface area contributed by atoms with Crippen LogP contribution in [0.5, 0.6) is 0 Å². The molecule has 1 aromatic carbocycles. The minimum Gasteiger partial charge on any atom is -0.347 e. The van der Waals surface area contributed by atoms with Gasteiger partial charge < -0.3 is 10.6 Å². The molecule has 1 atom stereocenters. The molecule has 1 aromatic rings. The molecule has 1 heterocycles. The monoisotopic (exact) mass is 334 g/mol. The largest absolute Gasteiger partial charge is 0.347 e. The van der Waals surface area contributed by atoms with Gasteiger partial charge in [0.15, 0.2) is 0 Å². The number of rotatable bonds is 5. The average Bonchev–Trinajstić information content (AvgIpc) is 3.08. The zero-order valence-corrected chi connectivity index (χ0v) is 14.5. The number of carbonyl (C=O) groups excluding carboxylic acids is 1. The molecule has 1 amide bonds. The molecule has 3 nitrogen and oxygen atoms in total. The SMILES string of the molecule is O=C(CCC1CCNC1)NC1(c2ccc(Cl)cc2)CCCCC1. The molecule has 1 saturated carbocycles. The quantitative estimate of drug-likeness (QED) is 0.854. The van der Waals surface area contributed by atoms with E-state index in [0.29, 0.717) is 12.3 Å². The van der Waals surface area contributed by atoms with Gasteiger partial charge in [-0.3, -0.25) is 4.79 Å². The number of halogens is 1. The second kappa shape index (κ2) is 7.67. The van der Waals surface area contributed by atoms with E-state index >= 15 is 0 Å². The van der Waals surface area contributed by atoms with Crippen molar-refractivity contribution in [3.8, 4) is 0 Å². The summed E-state index contributed by atoms with van der Waals surface area (Å²) in [6.07, 6.45) is 8.52. The molecule has 1 aliphatic heterocycles. The molecule has 23 heavy (non-hydrogen) atoms. The maximum Gasteiger partial charge on any atom is 0.220 e. The van der Waals surface area contributed by atoms with Crippen molar-refractivity contribution in [2.75, 3.05) is 13.1 Å². The fourth-order valence-corrected chi connectivity index (χ4v) is 4.16. The third kappa shape index (κ3) is 4.27. The van der Waals surface area contributed by atoms with Crippen LogP contribution in [0.4, 0.5) is 0 Å². The fraction of sp³-hybridized carbons (Fsp3) is 0.632. The van der Waals surface area contributed by atoms with Crippen LogP contribution in [0.2, 0.25) is 5.02 Å². The Morgan fingerprint density at radius 1 is 1.22 bits per heavy atom. The third-order valence-electron chi connectivity index (χ3n) is 5.42. The van der Waals surface area contributed by atoms with Crippen LogP contribution in [0, 0.1) is 5.92 Å². The van der Waals surface area contributed by atoms with E-state index in [0.717, 1.165) is 37.4 Å². The van der Waals surface area contributed by atoms with Crippen LogP contribution >= 0.6 is 11.6 Å². The standard InChI is InChI=1S/C19H27ClN2O/c20-17-7-5-16(6-8-17)19(11-2-1-3-12-19)22-18(23)9-4-15-10-13-21-14-15/h5-8,15,21H,1-4,9-14H2,(H,22,23). The number of amides is 1. The molecule has 126 valence electrons. The summed E-state index contributed by atoms with van der Waals surface area (Å²) in [7, 11) is 0. The first-order valence-corrected chi connectivity index (χ1v) is 9.33. The highest BCUT2D eigenvalue weighted by molar-refractivity contribution is 6.30. The van der Waals surface area contributed by atoms with Gasteiger partial charge in [-0.25, -0.2) is 0 Å². The van der Waals surface area contributed by atoms with E-state index in [2.05, 4.69) is 22.8 Å². The summed E-state index contributed by atoms with van der Waals surface area (Å²) < 4.78 is 0. The summed E-state index contributed by atoms with van der Waals surface area (Å²) in [6, 6.07) is 8.02. The highest BCUT2D eigenvalue weighted by Gasteiger charge is 2.35. The van der Waals surface area contributed by atoms with E-state index in [-0.39, 0.29) is 11.4 Å². The molecule has 2 aliphatic rings. The Balaban J connectivity index is 1.66. The molecular weight excluding hydrogens is 308 g/mol. The predicted molar refractivity (Wildman–Crippen MR) is 94.6 cm³/mol.